The molecule has 1 unspecified atom stereocenters. The van der Waals surface area contributed by atoms with E-state index in [-0.39, 0.29) is 11.6 Å². The maximum absolute atomic E-state index is 12.2. The molecule has 1 aliphatic heterocycles. The second kappa shape index (κ2) is 6.76. The molecular formula is C18H14ClNO4. The summed E-state index contributed by atoms with van der Waals surface area (Å²) in [6.07, 6.45) is 0. The minimum atomic E-state index is -1.06. The van der Waals surface area contributed by atoms with Crippen LogP contribution < -0.4 is 5.32 Å². The van der Waals surface area contributed by atoms with Gasteiger partial charge in [-0.3, -0.25) is 0 Å². The molecule has 0 bridgehead atoms. The molecule has 122 valence electrons. The van der Waals surface area contributed by atoms with Gasteiger partial charge in [0, 0.05) is 5.69 Å². The van der Waals surface area contributed by atoms with Gasteiger partial charge in [0.25, 0.3) is 0 Å². The van der Waals surface area contributed by atoms with E-state index < -0.39 is 17.3 Å². The molecule has 5 nitrogen and oxygen atoms in total. The van der Waals surface area contributed by atoms with Gasteiger partial charge in [0.05, 0.1) is 5.56 Å². The lowest BCUT2D eigenvalue weighted by molar-refractivity contribution is -0.139. The number of esters is 2. The number of anilines is 1. The van der Waals surface area contributed by atoms with Crippen molar-refractivity contribution in [1.82, 2.24) is 0 Å². The topological polar surface area (TPSA) is 64.6 Å². The highest BCUT2D eigenvalue weighted by Gasteiger charge is 2.37. The van der Waals surface area contributed by atoms with Gasteiger partial charge in [-0.2, -0.15) is 0 Å². The van der Waals surface area contributed by atoms with Crippen molar-refractivity contribution in [3.63, 3.8) is 0 Å². The largest absolute Gasteiger partial charge is 0.390 e. The van der Waals surface area contributed by atoms with E-state index in [2.05, 4.69) is 5.32 Å². The van der Waals surface area contributed by atoms with E-state index in [1.54, 1.807) is 36.4 Å². The number of aryl methyl sites for hydroxylation is 1. The van der Waals surface area contributed by atoms with Crippen LogP contribution in [0, 0.1) is 6.92 Å². The second-order valence-electron chi connectivity index (χ2n) is 5.23. The summed E-state index contributed by atoms with van der Waals surface area (Å²) in [5.41, 5.74) is 2.26. The molecule has 2 aromatic rings. The zero-order valence-electron chi connectivity index (χ0n) is 12.8. The molecule has 0 aromatic heterocycles. The third kappa shape index (κ3) is 3.41. The molecule has 24 heavy (non-hydrogen) atoms. The summed E-state index contributed by atoms with van der Waals surface area (Å²) >= 11 is 6.04. The van der Waals surface area contributed by atoms with Crippen LogP contribution in [0.25, 0.3) is 0 Å². The number of hydrogen-bond acceptors (Lipinski definition) is 5. The van der Waals surface area contributed by atoms with Crippen LogP contribution in [0.3, 0.4) is 0 Å². The summed E-state index contributed by atoms with van der Waals surface area (Å²) in [5.74, 6) is -1.55. The number of ether oxygens (including phenoxy) is 2. The minimum absolute atomic E-state index is 0.202. The van der Waals surface area contributed by atoms with E-state index in [0.29, 0.717) is 11.3 Å². The molecule has 2 aromatic carbocycles. The highest BCUT2D eigenvalue weighted by molar-refractivity contribution is 6.33. The smallest absolute Gasteiger partial charge is 0.345 e. The highest BCUT2D eigenvalue weighted by atomic mass is 35.5. The van der Waals surface area contributed by atoms with Gasteiger partial charge in [0.15, 0.2) is 5.38 Å². The molecule has 1 aliphatic rings. The van der Waals surface area contributed by atoms with Crippen LogP contribution >= 0.6 is 11.6 Å². The third-order valence-electron chi connectivity index (χ3n) is 3.40. The highest BCUT2D eigenvalue weighted by Crippen LogP contribution is 2.28. The fourth-order valence-corrected chi connectivity index (χ4v) is 2.31. The zero-order valence-corrected chi connectivity index (χ0v) is 13.5. The maximum Gasteiger partial charge on any atom is 0.345 e. The molecule has 0 fully saturated rings. The summed E-state index contributed by atoms with van der Waals surface area (Å²) in [6, 6.07) is 15.9. The van der Waals surface area contributed by atoms with E-state index >= 15 is 0 Å². The fourth-order valence-electron chi connectivity index (χ4n) is 2.12. The molecule has 0 saturated heterocycles. The summed E-state index contributed by atoms with van der Waals surface area (Å²) < 4.78 is 10.2. The molecule has 1 N–H and O–H groups in total. The molecule has 0 saturated carbocycles. The predicted octanol–water partition coefficient (Wildman–Crippen LogP) is 3.60. The van der Waals surface area contributed by atoms with E-state index in [1.807, 2.05) is 25.1 Å². The SMILES string of the molecule is Cc1ccc(C(=O)OC2=C(Nc3ccccc3)C(Cl)C(=O)O2)cc1. The first-order valence-corrected chi connectivity index (χ1v) is 7.69. The van der Waals surface area contributed by atoms with Gasteiger partial charge in [0.2, 0.25) is 0 Å². The minimum Gasteiger partial charge on any atom is -0.390 e. The summed E-state index contributed by atoms with van der Waals surface area (Å²) in [5, 5.41) is 1.90. The number of benzene rings is 2. The van der Waals surface area contributed by atoms with Crippen LogP contribution in [0.2, 0.25) is 0 Å². The Morgan fingerprint density at radius 2 is 1.79 bits per heavy atom. The number of rotatable bonds is 4. The van der Waals surface area contributed by atoms with Crippen molar-refractivity contribution in [3.8, 4) is 0 Å². The quantitative estimate of drug-likeness (QED) is 0.678. The van der Waals surface area contributed by atoms with Gasteiger partial charge in [-0.1, -0.05) is 35.9 Å². The van der Waals surface area contributed by atoms with Gasteiger partial charge < -0.3 is 14.8 Å². The van der Waals surface area contributed by atoms with Crippen LogP contribution in [0.1, 0.15) is 15.9 Å². The predicted molar refractivity (Wildman–Crippen MR) is 89.4 cm³/mol. The molecule has 1 heterocycles. The number of halogens is 1. The van der Waals surface area contributed by atoms with E-state index in [4.69, 9.17) is 21.1 Å². The van der Waals surface area contributed by atoms with Gasteiger partial charge in [-0.15, -0.1) is 11.6 Å². The molecule has 0 amide bonds. The standard InChI is InChI=1S/C18H14ClNO4/c1-11-7-9-12(10-8-11)16(21)23-18-15(14(19)17(22)24-18)20-13-5-3-2-4-6-13/h2-10,14,20H,1H3. The lowest BCUT2D eigenvalue weighted by Crippen LogP contribution is -2.15. The van der Waals surface area contributed by atoms with Crippen LogP contribution in [-0.2, 0) is 14.3 Å². The number of carbonyl (C=O) groups is 2. The number of alkyl halides is 1. The Morgan fingerprint density at radius 3 is 2.46 bits per heavy atom. The second-order valence-corrected chi connectivity index (χ2v) is 5.67. The van der Waals surface area contributed by atoms with Gasteiger partial charge in [0.1, 0.15) is 5.70 Å². The Bertz CT molecular complexity index is 800. The van der Waals surface area contributed by atoms with Crippen LogP contribution in [-0.4, -0.2) is 17.3 Å². The van der Waals surface area contributed by atoms with E-state index in [1.165, 1.54) is 0 Å². The number of para-hydroxylation sites is 1. The van der Waals surface area contributed by atoms with E-state index in [9.17, 15) is 9.59 Å². The van der Waals surface area contributed by atoms with Crippen molar-refractivity contribution >= 4 is 29.2 Å². The lowest BCUT2D eigenvalue weighted by Gasteiger charge is -2.09. The van der Waals surface area contributed by atoms with E-state index in [0.717, 1.165) is 5.56 Å². The van der Waals surface area contributed by atoms with Crippen molar-refractivity contribution in [1.29, 1.82) is 0 Å². The van der Waals surface area contributed by atoms with Crippen molar-refractivity contribution in [2.75, 3.05) is 5.32 Å². The number of carbonyl (C=O) groups excluding carboxylic acids is 2. The number of hydrogen-bond donors (Lipinski definition) is 1. The van der Waals surface area contributed by atoms with Gasteiger partial charge in [-0.05, 0) is 31.2 Å². The van der Waals surface area contributed by atoms with Crippen molar-refractivity contribution in [3.05, 3.63) is 77.4 Å². The summed E-state index contributed by atoms with van der Waals surface area (Å²) in [6.45, 7) is 1.91. The van der Waals surface area contributed by atoms with Crippen molar-refractivity contribution < 1.29 is 19.1 Å². The Hall–Kier alpha value is -2.79. The van der Waals surface area contributed by atoms with Crippen LogP contribution in [0.5, 0.6) is 0 Å². The first-order chi connectivity index (χ1) is 11.5. The van der Waals surface area contributed by atoms with Gasteiger partial charge in [-0.25, -0.2) is 9.59 Å². The Labute approximate surface area is 143 Å². The summed E-state index contributed by atoms with van der Waals surface area (Å²) in [4.78, 5) is 23.9. The monoisotopic (exact) mass is 343 g/mol. The Morgan fingerprint density at radius 1 is 1.12 bits per heavy atom. The number of cyclic esters (lactones) is 1. The Balaban J connectivity index is 1.83. The molecule has 0 aliphatic carbocycles. The molecule has 0 radical (unpaired) electrons. The van der Waals surface area contributed by atoms with Crippen LogP contribution in [0.4, 0.5) is 5.69 Å². The molecule has 3 rings (SSSR count). The molecule has 0 spiro atoms. The zero-order chi connectivity index (χ0) is 17.1. The molecule has 1 atom stereocenters. The average molecular weight is 344 g/mol. The average Bonchev–Trinajstić information content (AvgIpc) is 2.84. The molecular weight excluding hydrogens is 330 g/mol. The summed E-state index contributed by atoms with van der Waals surface area (Å²) in [7, 11) is 0. The molecule has 6 heteroatoms. The van der Waals surface area contributed by atoms with Gasteiger partial charge >= 0.3 is 17.9 Å². The third-order valence-corrected chi connectivity index (χ3v) is 3.80. The van der Waals surface area contributed by atoms with Crippen molar-refractivity contribution in [2.24, 2.45) is 0 Å². The Kier molecular flexibility index (Phi) is 4.53. The first kappa shape index (κ1) is 16.1. The first-order valence-electron chi connectivity index (χ1n) is 7.25. The lowest BCUT2D eigenvalue weighted by atomic mass is 10.1. The maximum atomic E-state index is 12.2. The fraction of sp³-hybridized carbons (Fsp3) is 0.111. The van der Waals surface area contributed by atoms with Crippen LogP contribution in [0.15, 0.2) is 66.2 Å². The normalized spacial score (nSPS) is 16.8. The van der Waals surface area contributed by atoms with Crippen molar-refractivity contribution in [2.45, 2.75) is 12.3 Å². The number of nitrogens with one attached hydrogen (secondary N) is 1.